The van der Waals surface area contributed by atoms with Crippen LogP contribution in [0.25, 0.3) is 0 Å². The molecule has 2 heteroatoms. The van der Waals surface area contributed by atoms with Crippen LogP contribution >= 0.6 is 0 Å². The van der Waals surface area contributed by atoms with Crippen LogP contribution in [0.3, 0.4) is 0 Å². The Kier molecular flexibility index (Phi) is 2.32. The third-order valence-electron chi connectivity index (χ3n) is 2.91. The van der Waals surface area contributed by atoms with Gasteiger partial charge < -0.3 is 5.73 Å². The summed E-state index contributed by atoms with van der Waals surface area (Å²) in [5.74, 6) is 0.426. The van der Waals surface area contributed by atoms with Crippen LogP contribution in [0.4, 0.5) is 4.39 Å². The van der Waals surface area contributed by atoms with Gasteiger partial charge in [-0.2, -0.15) is 0 Å². The molecule has 0 saturated heterocycles. The van der Waals surface area contributed by atoms with E-state index in [4.69, 9.17) is 5.73 Å². The van der Waals surface area contributed by atoms with Crippen molar-refractivity contribution < 1.29 is 4.39 Å². The molecule has 1 aromatic rings. The Morgan fingerprint density at radius 1 is 1.23 bits per heavy atom. The molecule has 1 atom stereocenters. The molecule has 1 aliphatic rings. The minimum Gasteiger partial charge on any atom is -0.324 e. The van der Waals surface area contributed by atoms with Crippen molar-refractivity contribution in [1.29, 1.82) is 0 Å². The highest BCUT2D eigenvalue weighted by molar-refractivity contribution is 5.20. The zero-order chi connectivity index (χ0) is 9.26. The van der Waals surface area contributed by atoms with Gasteiger partial charge in [-0.05, 0) is 36.5 Å². The fourth-order valence-electron chi connectivity index (χ4n) is 1.76. The van der Waals surface area contributed by atoms with Crippen molar-refractivity contribution in [2.24, 2.45) is 11.7 Å². The highest BCUT2D eigenvalue weighted by atomic mass is 19.1. The molecular formula is C11H14FN. The van der Waals surface area contributed by atoms with E-state index in [0.717, 1.165) is 5.56 Å². The van der Waals surface area contributed by atoms with Crippen LogP contribution < -0.4 is 5.73 Å². The second-order valence-electron chi connectivity index (χ2n) is 3.77. The summed E-state index contributed by atoms with van der Waals surface area (Å²) in [7, 11) is 0. The average molecular weight is 179 g/mol. The maximum absolute atomic E-state index is 12.6. The number of nitrogens with two attached hydrogens (primary N) is 1. The zero-order valence-corrected chi connectivity index (χ0v) is 7.54. The van der Waals surface area contributed by atoms with Crippen LogP contribution in [-0.2, 0) is 0 Å². The predicted octanol–water partition coefficient (Wildman–Crippen LogP) is 2.63. The molecule has 0 spiro atoms. The Morgan fingerprint density at radius 2 is 1.85 bits per heavy atom. The van der Waals surface area contributed by atoms with Crippen LogP contribution in [0.1, 0.15) is 30.9 Å². The van der Waals surface area contributed by atoms with E-state index in [1.54, 1.807) is 12.1 Å². The summed E-state index contributed by atoms with van der Waals surface area (Å²) in [4.78, 5) is 0. The molecule has 1 aliphatic carbocycles. The first-order chi connectivity index (χ1) is 6.27. The van der Waals surface area contributed by atoms with Gasteiger partial charge in [0, 0.05) is 6.04 Å². The summed E-state index contributed by atoms with van der Waals surface area (Å²) in [6.45, 7) is 0. The van der Waals surface area contributed by atoms with E-state index in [1.807, 2.05) is 0 Å². The first-order valence-electron chi connectivity index (χ1n) is 4.78. The summed E-state index contributed by atoms with van der Waals surface area (Å²) in [6, 6.07) is 6.65. The Hall–Kier alpha value is -0.890. The Bertz CT molecular complexity index is 277. The summed E-state index contributed by atoms with van der Waals surface area (Å²) in [5.41, 5.74) is 7.09. The first kappa shape index (κ1) is 8.70. The predicted molar refractivity (Wildman–Crippen MR) is 50.7 cm³/mol. The molecule has 13 heavy (non-hydrogen) atoms. The van der Waals surface area contributed by atoms with Crippen molar-refractivity contribution >= 4 is 0 Å². The highest BCUT2D eigenvalue weighted by Crippen LogP contribution is 2.35. The van der Waals surface area contributed by atoms with Gasteiger partial charge in [0.2, 0.25) is 0 Å². The van der Waals surface area contributed by atoms with Crippen molar-refractivity contribution in [3.8, 4) is 0 Å². The highest BCUT2D eigenvalue weighted by Gasteiger charge is 2.25. The van der Waals surface area contributed by atoms with E-state index >= 15 is 0 Å². The number of benzene rings is 1. The van der Waals surface area contributed by atoms with Gasteiger partial charge in [-0.15, -0.1) is 0 Å². The molecule has 0 aliphatic heterocycles. The normalized spacial score (nSPS) is 19.5. The smallest absolute Gasteiger partial charge is 0.123 e. The number of hydrogen-bond acceptors (Lipinski definition) is 1. The lowest BCUT2D eigenvalue weighted by molar-refractivity contribution is 0.264. The van der Waals surface area contributed by atoms with E-state index in [2.05, 4.69) is 0 Å². The number of rotatable bonds is 2. The maximum Gasteiger partial charge on any atom is 0.123 e. The first-order valence-corrected chi connectivity index (χ1v) is 4.78. The third kappa shape index (κ3) is 1.73. The van der Waals surface area contributed by atoms with E-state index < -0.39 is 0 Å². The molecule has 1 nitrogen and oxygen atoms in total. The van der Waals surface area contributed by atoms with Crippen LogP contribution in [0.15, 0.2) is 24.3 Å². The molecule has 0 bridgehead atoms. The van der Waals surface area contributed by atoms with E-state index in [-0.39, 0.29) is 11.9 Å². The lowest BCUT2D eigenvalue weighted by atomic mass is 9.78. The summed E-state index contributed by atoms with van der Waals surface area (Å²) < 4.78 is 12.6. The average Bonchev–Trinajstić information content (AvgIpc) is 2.02. The zero-order valence-electron chi connectivity index (χ0n) is 7.54. The Labute approximate surface area is 77.8 Å². The van der Waals surface area contributed by atoms with Crippen molar-refractivity contribution in [1.82, 2.24) is 0 Å². The van der Waals surface area contributed by atoms with Crippen molar-refractivity contribution in [3.63, 3.8) is 0 Å². The molecule has 1 saturated carbocycles. The minimum atomic E-state index is -0.190. The molecule has 1 unspecified atom stereocenters. The minimum absolute atomic E-state index is 0.106. The molecule has 2 N–H and O–H groups in total. The van der Waals surface area contributed by atoms with Crippen molar-refractivity contribution in [2.45, 2.75) is 25.3 Å². The van der Waals surface area contributed by atoms with Gasteiger partial charge >= 0.3 is 0 Å². The molecule has 0 amide bonds. The summed E-state index contributed by atoms with van der Waals surface area (Å²) >= 11 is 0. The van der Waals surface area contributed by atoms with Crippen molar-refractivity contribution in [3.05, 3.63) is 35.6 Å². The SMILES string of the molecule is NC(c1ccc(F)cc1)C1CCC1. The summed E-state index contributed by atoms with van der Waals surface area (Å²) in [5, 5.41) is 0. The summed E-state index contributed by atoms with van der Waals surface area (Å²) in [6.07, 6.45) is 3.73. The van der Waals surface area contributed by atoms with Gasteiger partial charge in [0.1, 0.15) is 5.82 Å². The topological polar surface area (TPSA) is 26.0 Å². The Morgan fingerprint density at radius 3 is 2.31 bits per heavy atom. The molecule has 0 heterocycles. The number of halogens is 1. The molecule has 2 rings (SSSR count). The maximum atomic E-state index is 12.6. The lowest BCUT2D eigenvalue weighted by Gasteiger charge is -2.31. The van der Waals surface area contributed by atoms with Crippen molar-refractivity contribution in [2.75, 3.05) is 0 Å². The van der Waals surface area contributed by atoms with Gasteiger partial charge in [-0.25, -0.2) is 4.39 Å². The molecular weight excluding hydrogens is 165 g/mol. The van der Waals surface area contributed by atoms with E-state index in [0.29, 0.717) is 5.92 Å². The fraction of sp³-hybridized carbons (Fsp3) is 0.455. The van der Waals surface area contributed by atoms with E-state index in [1.165, 1.54) is 31.4 Å². The largest absolute Gasteiger partial charge is 0.324 e. The van der Waals surface area contributed by atoms with Crippen LogP contribution in [0, 0.1) is 11.7 Å². The Balaban J connectivity index is 2.10. The van der Waals surface area contributed by atoms with Crippen LogP contribution in [0.2, 0.25) is 0 Å². The molecule has 1 aromatic carbocycles. The van der Waals surface area contributed by atoms with Gasteiger partial charge in [-0.3, -0.25) is 0 Å². The van der Waals surface area contributed by atoms with Gasteiger partial charge in [0.15, 0.2) is 0 Å². The molecule has 0 radical (unpaired) electrons. The lowest BCUT2D eigenvalue weighted by Crippen LogP contribution is -2.26. The van der Waals surface area contributed by atoms with E-state index in [9.17, 15) is 4.39 Å². The molecule has 70 valence electrons. The van der Waals surface area contributed by atoms with Crippen LogP contribution in [0.5, 0.6) is 0 Å². The number of hydrogen-bond donors (Lipinski definition) is 1. The van der Waals surface area contributed by atoms with Crippen LogP contribution in [-0.4, -0.2) is 0 Å². The second kappa shape index (κ2) is 3.46. The second-order valence-corrected chi connectivity index (χ2v) is 3.77. The van der Waals surface area contributed by atoms with Gasteiger partial charge in [-0.1, -0.05) is 18.6 Å². The molecule has 0 aromatic heterocycles. The fourth-order valence-corrected chi connectivity index (χ4v) is 1.76. The monoisotopic (exact) mass is 179 g/mol. The molecule has 1 fully saturated rings. The quantitative estimate of drug-likeness (QED) is 0.742. The van der Waals surface area contributed by atoms with Gasteiger partial charge in [0.25, 0.3) is 0 Å². The standard InChI is InChI=1S/C11H14FN/c12-10-6-4-9(5-7-10)11(13)8-2-1-3-8/h4-8,11H,1-3,13H2. The van der Waals surface area contributed by atoms with Gasteiger partial charge in [0.05, 0.1) is 0 Å². The third-order valence-corrected chi connectivity index (χ3v) is 2.91.